The predicted molar refractivity (Wildman–Crippen MR) is 147 cm³/mol. The maximum atomic E-state index is 13.5. The zero-order valence-electron chi connectivity index (χ0n) is 21.7. The second-order valence-corrected chi connectivity index (χ2v) is 11.0. The molecule has 5 rings (SSSR count). The first-order valence-corrected chi connectivity index (χ1v) is 12.8. The lowest BCUT2D eigenvalue weighted by atomic mass is 9.87. The topological polar surface area (TPSA) is 102 Å². The normalized spacial score (nSPS) is 17.3. The number of aromatic nitrogens is 2. The van der Waals surface area contributed by atoms with Crippen LogP contribution in [0.3, 0.4) is 0 Å². The zero-order chi connectivity index (χ0) is 27.2. The van der Waals surface area contributed by atoms with Crippen molar-refractivity contribution in [3.63, 3.8) is 0 Å². The van der Waals surface area contributed by atoms with Gasteiger partial charge in [0, 0.05) is 12.4 Å². The molecule has 0 aliphatic carbocycles. The molecule has 194 valence electrons. The summed E-state index contributed by atoms with van der Waals surface area (Å²) >= 11 is 1.32. The van der Waals surface area contributed by atoms with Gasteiger partial charge in [-0.3, -0.25) is 19.5 Å². The average Bonchev–Trinajstić information content (AvgIpc) is 3.45. The van der Waals surface area contributed by atoms with Gasteiger partial charge in [0.15, 0.2) is 5.13 Å². The molecule has 3 heterocycles. The number of rotatable bonds is 5. The van der Waals surface area contributed by atoms with Gasteiger partial charge in [0.1, 0.15) is 17.3 Å². The van der Waals surface area contributed by atoms with Gasteiger partial charge in [0.25, 0.3) is 5.78 Å². The van der Waals surface area contributed by atoms with E-state index in [-0.39, 0.29) is 22.3 Å². The molecule has 0 spiro atoms. The van der Waals surface area contributed by atoms with Crippen LogP contribution in [-0.4, -0.2) is 41.0 Å². The third kappa shape index (κ3) is 4.28. The second kappa shape index (κ2) is 9.57. The fourth-order valence-electron chi connectivity index (χ4n) is 4.51. The van der Waals surface area contributed by atoms with Gasteiger partial charge in [0.2, 0.25) is 0 Å². The zero-order valence-corrected chi connectivity index (χ0v) is 22.5. The number of benzene rings is 2. The summed E-state index contributed by atoms with van der Waals surface area (Å²) in [7, 11) is 2.96. The van der Waals surface area contributed by atoms with Crippen LogP contribution in [0.15, 0.2) is 66.5 Å². The highest BCUT2D eigenvalue weighted by molar-refractivity contribution is 7.22. The maximum Gasteiger partial charge on any atom is 0.301 e. The third-order valence-electron chi connectivity index (χ3n) is 6.56. The van der Waals surface area contributed by atoms with Crippen LogP contribution in [0, 0.1) is 0 Å². The van der Waals surface area contributed by atoms with Gasteiger partial charge in [-0.1, -0.05) is 44.2 Å². The number of pyridine rings is 1. The lowest BCUT2D eigenvalue weighted by Crippen LogP contribution is -2.29. The lowest BCUT2D eigenvalue weighted by molar-refractivity contribution is -0.132. The number of nitrogens with zero attached hydrogens (tertiary/aromatic N) is 3. The Bertz CT molecular complexity index is 1590. The monoisotopic (exact) mass is 529 g/mol. The summed E-state index contributed by atoms with van der Waals surface area (Å²) in [5.41, 5.74) is 2.51. The van der Waals surface area contributed by atoms with E-state index in [1.807, 2.05) is 12.1 Å². The highest BCUT2D eigenvalue weighted by Gasteiger charge is 2.48. The number of thiazole rings is 1. The predicted octanol–water partition coefficient (Wildman–Crippen LogP) is 5.63. The highest BCUT2D eigenvalue weighted by atomic mass is 32.1. The number of methoxy groups -OCH3 is 2. The number of aliphatic hydroxyl groups is 1. The van der Waals surface area contributed by atoms with Gasteiger partial charge in [0.05, 0.1) is 41.6 Å². The van der Waals surface area contributed by atoms with E-state index >= 15 is 0 Å². The van der Waals surface area contributed by atoms with E-state index in [1.165, 1.54) is 30.5 Å². The van der Waals surface area contributed by atoms with E-state index in [0.29, 0.717) is 22.2 Å². The van der Waals surface area contributed by atoms with Gasteiger partial charge < -0.3 is 14.6 Å². The molecule has 1 atom stereocenters. The summed E-state index contributed by atoms with van der Waals surface area (Å²) in [6.07, 6.45) is 3.18. The van der Waals surface area contributed by atoms with Gasteiger partial charge >= 0.3 is 5.91 Å². The molecular formula is C29H27N3O5S. The minimum Gasteiger partial charge on any atom is -0.507 e. The number of amides is 1. The Labute approximate surface area is 224 Å². The van der Waals surface area contributed by atoms with Crippen molar-refractivity contribution in [3.8, 4) is 11.5 Å². The van der Waals surface area contributed by atoms with Crippen LogP contribution in [0.1, 0.15) is 43.5 Å². The summed E-state index contributed by atoms with van der Waals surface area (Å²) in [5.74, 6) is -1.19. The van der Waals surface area contributed by atoms with Crippen molar-refractivity contribution in [2.45, 2.75) is 32.2 Å². The summed E-state index contributed by atoms with van der Waals surface area (Å²) in [6.45, 7) is 6.39. The Kier molecular flexibility index (Phi) is 6.40. The molecule has 2 aromatic heterocycles. The largest absolute Gasteiger partial charge is 0.507 e. The minimum absolute atomic E-state index is 0.0620. The van der Waals surface area contributed by atoms with E-state index in [0.717, 1.165) is 15.8 Å². The molecule has 8 nitrogen and oxygen atoms in total. The Balaban J connectivity index is 1.72. The van der Waals surface area contributed by atoms with Crippen molar-refractivity contribution in [1.82, 2.24) is 9.97 Å². The Morgan fingerprint density at radius 3 is 2.50 bits per heavy atom. The number of anilines is 1. The van der Waals surface area contributed by atoms with Gasteiger partial charge in [-0.15, -0.1) is 0 Å². The summed E-state index contributed by atoms with van der Waals surface area (Å²) in [4.78, 5) is 37.3. The summed E-state index contributed by atoms with van der Waals surface area (Å²) < 4.78 is 11.6. The molecule has 9 heteroatoms. The number of ether oxygens (including phenoxy) is 2. The van der Waals surface area contributed by atoms with Gasteiger partial charge in [-0.2, -0.15) is 0 Å². The fourth-order valence-corrected chi connectivity index (χ4v) is 5.54. The van der Waals surface area contributed by atoms with E-state index in [2.05, 4.69) is 31.8 Å². The Hall–Kier alpha value is -4.24. The fraction of sp³-hybridized carbons (Fsp3) is 0.241. The molecule has 0 radical (unpaired) electrons. The molecule has 4 aromatic rings. The second-order valence-electron chi connectivity index (χ2n) is 9.95. The Morgan fingerprint density at radius 1 is 1.05 bits per heavy atom. The number of Topliss-reactive ketones (excluding diaryl/α,β-unsaturated/α-hetero) is 1. The summed E-state index contributed by atoms with van der Waals surface area (Å²) in [5, 5.41) is 11.9. The van der Waals surface area contributed by atoms with E-state index in [9.17, 15) is 14.7 Å². The average molecular weight is 530 g/mol. The molecule has 0 saturated carbocycles. The number of ketones is 1. The molecule has 0 bridgehead atoms. The molecule has 1 amide bonds. The van der Waals surface area contributed by atoms with E-state index < -0.39 is 17.7 Å². The molecule has 2 aromatic carbocycles. The van der Waals surface area contributed by atoms with Crippen LogP contribution in [0.5, 0.6) is 11.5 Å². The number of fused-ring (bicyclic) bond motifs is 1. The Morgan fingerprint density at radius 2 is 1.84 bits per heavy atom. The molecule has 1 aliphatic rings. The smallest absolute Gasteiger partial charge is 0.301 e. The lowest BCUT2D eigenvalue weighted by Gasteiger charge is -2.22. The van der Waals surface area contributed by atoms with Crippen LogP contribution < -0.4 is 14.4 Å². The number of hydrogen-bond acceptors (Lipinski definition) is 8. The molecule has 1 fully saturated rings. The minimum atomic E-state index is -0.942. The molecule has 1 saturated heterocycles. The highest BCUT2D eigenvalue weighted by Crippen LogP contribution is 2.45. The standard InChI is InChI=1S/C29H27N3O5S/c1-29(2,3)17-8-10-20-22(13-17)38-28(31-20)32-24(16-7-6-12-30-15-16)23(26(34)27(32)35)25(33)19-14-18(36-4)9-11-21(19)37-5/h6-15,24,33H,1-5H3/b25-23+. The van der Waals surface area contributed by atoms with Gasteiger partial charge in [-0.25, -0.2) is 4.98 Å². The van der Waals surface area contributed by atoms with Crippen LogP contribution in [0.25, 0.3) is 16.0 Å². The third-order valence-corrected chi connectivity index (χ3v) is 7.57. The van der Waals surface area contributed by atoms with Crippen LogP contribution in [0.4, 0.5) is 5.13 Å². The number of hydrogen-bond donors (Lipinski definition) is 1. The van der Waals surface area contributed by atoms with Crippen molar-refractivity contribution in [3.05, 3.63) is 83.2 Å². The van der Waals surface area contributed by atoms with E-state index in [4.69, 9.17) is 14.5 Å². The first-order valence-electron chi connectivity index (χ1n) is 12.0. The SMILES string of the molecule is COc1ccc(OC)c(/C(O)=C2\C(=O)C(=O)N(c3nc4ccc(C(C)(C)C)cc4s3)C2c2cccnc2)c1. The van der Waals surface area contributed by atoms with Crippen LogP contribution >= 0.6 is 11.3 Å². The number of carbonyl (C=O) groups is 2. The van der Waals surface area contributed by atoms with Crippen molar-refractivity contribution in [2.75, 3.05) is 19.1 Å². The molecule has 38 heavy (non-hydrogen) atoms. The molecule has 1 N–H and O–H groups in total. The van der Waals surface area contributed by atoms with Crippen LogP contribution in [0.2, 0.25) is 0 Å². The van der Waals surface area contributed by atoms with Crippen molar-refractivity contribution >= 4 is 44.1 Å². The quantitative estimate of drug-likeness (QED) is 0.203. The van der Waals surface area contributed by atoms with Gasteiger partial charge in [-0.05, 0) is 52.9 Å². The molecule has 1 unspecified atom stereocenters. The first-order chi connectivity index (χ1) is 18.1. The molecule has 1 aliphatic heterocycles. The number of aliphatic hydroxyl groups excluding tert-OH is 1. The van der Waals surface area contributed by atoms with E-state index in [1.54, 1.807) is 42.7 Å². The van der Waals surface area contributed by atoms with Crippen molar-refractivity contribution < 1.29 is 24.2 Å². The number of carbonyl (C=O) groups excluding carboxylic acids is 2. The van der Waals surface area contributed by atoms with Crippen molar-refractivity contribution in [2.24, 2.45) is 0 Å². The van der Waals surface area contributed by atoms with Crippen LogP contribution in [-0.2, 0) is 15.0 Å². The molecular weight excluding hydrogens is 502 g/mol. The van der Waals surface area contributed by atoms with Crippen molar-refractivity contribution in [1.29, 1.82) is 0 Å². The summed E-state index contributed by atoms with van der Waals surface area (Å²) in [6, 6.07) is 13.4. The maximum absolute atomic E-state index is 13.5. The first kappa shape index (κ1) is 25.4.